The smallest absolute Gasteiger partial charge is 0.128 e. The molecule has 1 aromatic rings. The van der Waals surface area contributed by atoms with E-state index in [1.807, 2.05) is 12.1 Å². The van der Waals surface area contributed by atoms with Crippen molar-refractivity contribution < 1.29 is 0 Å². The standard InChI is InChI=1S/C11H12IN3/c12-10-2-1-5-15(8-10)11-4-3-9(6-13)7-14-11/h3-4,7,10H,1-2,5,8H2. The number of halogens is 1. The number of nitriles is 1. The summed E-state index contributed by atoms with van der Waals surface area (Å²) in [6.45, 7) is 2.15. The molecular weight excluding hydrogens is 301 g/mol. The first-order valence-electron chi connectivity index (χ1n) is 5.05. The summed E-state index contributed by atoms with van der Waals surface area (Å²) in [7, 11) is 0. The maximum atomic E-state index is 8.68. The quantitative estimate of drug-likeness (QED) is 0.590. The van der Waals surface area contributed by atoms with E-state index in [2.05, 4.69) is 38.5 Å². The summed E-state index contributed by atoms with van der Waals surface area (Å²) in [5.41, 5.74) is 0.627. The molecule has 78 valence electrons. The summed E-state index contributed by atoms with van der Waals surface area (Å²) < 4.78 is 0.716. The van der Waals surface area contributed by atoms with Gasteiger partial charge in [0.25, 0.3) is 0 Å². The number of hydrogen-bond acceptors (Lipinski definition) is 3. The minimum atomic E-state index is 0.627. The Morgan fingerprint density at radius 3 is 3.00 bits per heavy atom. The Kier molecular flexibility index (Phi) is 3.41. The van der Waals surface area contributed by atoms with Gasteiger partial charge in [0.2, 0.25) is 0 Å². The highest BCUT2D eigenvalue weighted by molar-refractivity contribution is 14.1. The molecule has 0 aliphatic carbocycles. The first-order chi connectivity index (χ1) is 7.29. The van der Waals surface area contributed by atoms with Gasteiger partial charge < -0.3 is 4.90 Å². The zero-order chi connectivity index (χ0) is 10.7. The van der Waals surface area contributed by atoms with E-state index in [4.69, 9.17) is 5.26 Å². The highest BCUT2D eigenvalue weighted by Gasteiger charge is 2.18. The lowest BCUT2D eigenvalue weighted by Gasteiger charge is -2.30. The van der Waals surface area contributed by atoms with Crippen LogP contribution in [0.15, 0.2) is 18.3 Å². The van der Waals surface area contributed by atoms with Gasteiger partial charge in [0.15, 0.2) is 0 Å². The molecule has 0 spiro atoms. The minimum Gasteiger partial charge on any atom is -0.356 e. The number of anilines is 1. The molecular formula is C11H12IN3. The summed E-state index contributed by atoms with van der Waals surface area (Å²) in [6, 6.07) is 5.85. The minimum absolute atomic E-state index is 0.627. The van der Waals surface area contributed by atoms with Crippen molar-refractivity contribution in [1.29, 1.82) is 5.26 Å². The molecule has 1 aliphatic heterocycles. The molecule has 1 aromatic heterocycles. The second-order valence-electron chi connectivity index (χ2n) is 3.70. The number of hydrogen-bond donors (Lipinski definition) is 0. The molecule has 1 saturated heterocycles. The molecule has 15 heavy (non-hydrogen) atoms. The van der Waals surface area contributed by atoms with Gasteiger partial charge in [0, 0.05) is 23.2 Å². The number of aromatic nitrogens is 1. The SMILES string of the molecule is N#Cc1ccc(N2CCCC(I)C2)nc1. The van der Waals surface area contributed by atoms with Crippen molar-refractivity contribution in [3.63, 3.8) is 0 Å². The van der Waals surface area contributed by atoms with Gasteiger partial charge in [-0.1, -0.05) is 22.6 Å². The van der Waals surface area contributed by atoms with Gasteiger partial charge in [-0.05, 0) is 25.0 Å². The molecule has 0 radical (unpaired) electrons. The average Bonchev–Trinajstić information content (AvgIpc) is 2.29. The summed E-state index contributed by atoms with van der Waals surface area (Å²) >= 11 is 2.49. The van der Waals surface area contributed by atoms with Crippen LogP contribution in [-0.4, -0.2) is 22.0 Å². The Morgan fingerprint density at radius 1 is 1.53 bits per heavy atom. The molecule has 2 heterocycles. The lowest BCUT2D eigenvalue weighted by Crippen LogP contribution is -2.36. The molecule has 1 fully saturated rings. The van der Waals surface area contributed by atoms with Gasteiger partial charge >= 0.3 is 0 Å². The van der Waals surface area contributed by atoms with E-state index in [0.29, 0.717) is 9.49 Å². The normalized spacial score (nSPS) is 21.1. The van der Waals surface area contributed by atoms with Crippen LogP contribution in [0.25, 0.3) is 0 Å². The van der Waals surface area contributed by atoms with Crippen LogP contribution in [0.4, 0.5) is 5.82 Å². The maximum absolute atomic E-state index is 8.68. The van der Waals surface area contributed by atoms with Crippen molar-refractivity contribution in [2.24, 2.45) is 0 Å². The lowest BCUT2D eigenvalue weighted by atomic mass is 10.1. The third-order valence-corrected chi connectivity index (χ3v) is 3.58. The predicted octanol–water partition coefficient (Wildman–Crippen LogP) is 2.36. The number of piperidine rings is 1. The molecule has 0 bridgehead atoms. The molecule has 1 atom stereocenters. The van der Waals surface area contributed by atoms with Crippen LogP contribution in [0.2, 0.25) is 0 Å². The average molecular weight is 313 g/mol. The van der Waals surface area contributed by atoms with Crippen LogP contribution in [-0.2, 0) is 0 Å². The zero-order valence-corrected chi connectivity index (χ0v) is 10.5. The number of rotatable bonds is 1. The van der Waals surface area contributed by atoms with Gasteiger partial charge in [0.05, 0.1) is 5.56 Å². The molecule has 3 nitrogen and oxygen atoms in total. The summed E-state index contributed by atoms with van der Waals surface area (Å²) in [5.74, 6) is 0.996. The van der Waals surface area contributed by atoms with E-state index in [1.54, 1.807) is 6.20 Å². The van der Waals surface area contributed by atoms with E-state index in [-0.39, 0.29) is 0 Å². The Balaban J connectivity index is 2.12. The fourth-order valence-corrected chi connectivity index (χ4v) is 2.69. The Morgan fingerprint density at radius 2 is 2.40 bits per heavy atom. The van der Waals surface area contributed by atoms with Crippen molar-refractivity contribution in [2.75, 3.05) is 18.0 Å². The van der Waals surface area contributed by atoms with Gasteiger partial charge in [-0.15, -0.1) is 0 Å². The Bertz CT molecular complexity index is 368. The molecule has 1 aliphatic rings. The molecule has 0 amide bonds. The largest absolute Gasteiger partial charge is 0.356 e. The van der Waals surface area contributed by atoms with Gasteiger partial charge in [-0.25, -0.2) is 4.98 Å². The van der Waals surface area contributed by atoms with E-state index in [0.717, 1.165) is 18.9 Å². The Hall–Kier alpha value is -0.830. The van der Waals surface area contributed by atoms with Crippen LogP contribution >= 0.6 is 22.6 Å². The first kappa shape index (κ1) is 10.7. The second kappa shape index (κ2) is 4.79. The summed E-state index contributed by atoms with van der Waals surface area (Å²) in [6.07, 6.45) is 4.18. The monoisotopic (exact) mass is 313 g/mol. The topological polar surface area (TPSA) is 39.9 Å². The number of nitrogens with zero attached hydrogens (tertiary/aromatic N) is 3. The highest BCUT2D eigenvalue weighted by atomic mass is 127. The van der Waals surface area contributed by atoms with Crippen LogP contribution in [0, 0.1) is 11.3 Å². The predicted molar refractivity (Wildman–Crippen MR) is 68.2 cm³/mol. The van der Waals surface area contributed by atoms with E-state index in [1.165, 1.54) is 12.8 Å². The second-order valence-corrected chi connectivity index (χ2v) is 5.46. The van der Waals surface area contributed by atoms with Crippen LogP contribution in [0.3, 0.4) is 0 Å². The highest BCUT2D eigenvalue weighted by Crippen LogP contribution is 2.21. The van der Waals surface area contributed by atoms with Crippen molar-refractivity contribution in [1.82, 2.24) is 4.98 Å². The van der Waals surface area contributed by atoms with Crippen molar-refractivity contribution in [3.8, 4) is 6.07 Å². The number of pyridine rings is 1. The number of alkyl halides is 1. The Labute approximate surface area is 103 Å². The van der Waals surface area contributed by atoms with Crippen LogP contribution in [0.1, 0.15) is 18.4 Å². The van der Waals surface area contributed by atoms with Gasteiger partial charge in [-0.2, -0.15) is 5.26 Å². The maximum Gasteiger partial charge on any atom is 0.128 e. The van der Waals surface area contributed by atoms with Crippen molar-refractivity contribution in [3.05, 3.63) is 23.9 Å². The summed E-state index contributed by atoms with van der Waals surface area (Å²) in [5, 5.41) is 8.68. The van der Waals surface area contributed by atoms with Crippen molar-refractivity contribution >= 4 is 28.4 Å². The lowest BCUT2D eigenvalue weighted by molar-refractivity contribution is 0.598. The van der Waals surface area contributed by atoms with E-state index >= 15 is 0 Å². The van der Waals surface area contributed by atoms with E-state index in [9.17, 15) is 0 Å². The van der Waals surface area contributed by atoms with Gasteiger partial charge in [-0.3, -0.25) is 0 Å². The third kappa shape index (κ3) is 2.59. The fraction of sp³-hybridized carbons (Fsp3) is 0.455. The third-order valence-electron chi connectivity index (χ3n) is 2.56. The van der Waals surface area contributed by atoms with Crippen LogP contribution < -0.4 is 4.90 Å². The van der Waals surface area contributed by atoms with Crippen LogP contribution in [0.5, 0.6) is 0 Å². The molecule has 0 aromatic carbocycles. The fourth-order valence-electron chi connectivity index (χ4n) is 1.77. The molecule has 0 N–H and O–H groups in total. The molecule has 1 unspecified atom stereocenters. The van der Waals surface area contributed by atoms with Gasteiger partial charge in [0.1, 0.15) is 11.9 Å². The molecule has 2 rings (SSSR count). The molecule has 0 saturated carbocycles. The van der Waals surface area contributed by atoms with E-state index < -0.39 is 0 Å². The van der Waals surface area contributed by atoms with Crippen molar-refractivity contribution in [2.45, 2.75) is 16.8 Å². The summed E-state index contributed by atoms with van der Waals surface area (Å²) in [4.78, 5) is 6.60. The molecule has 4 heteroatoms. The first-order valence-corrected chi connectivity index (χ1v) is 6.29. The zero-order valence-electron chi connectivity index (χ0n) is 8.36.